The Labute approximate surface area is 131 Å². The standard InChI is InChI=1S/C17H25NO2S/c1-13-7-9-17(20,10-8-13)12-18-16(19)11-21-15-6-4-3-5-14(15)2/h3-6,13,20H,7-12H2,1-2H3,(H,18,19). The van der Waals surface area contributed by atoms with Crippen LogP contribution in [0.4, 0.5) is 0 Å². The number of carbonyl (C=O) groups excluding carboxylic acids is 1. The minimum absolute atomic E-state index is 0.00435. The molecule has 0 bridgehead atoms. The van der Waals surface area contributed by atoms with E-state index in [2.05, 4.69) is 12.2 Å². The molecular weight excluding hydrogens is 282 g/mol. The van der Waals surface area contributed by atoms with Crippen LogP contribution in [0.3, 0.4) is 0 Å². The number of aryl methyl sites for hydroxylation is 1. The van der Waals surface area contributed by atoms with Crippen LogP contribution < -0.4 is 5.32 Å². The first-order valence-electron chi connectivity index (χ1n) is 7.66. The highest BCUT2D eigenvalue weighted by atomic mass is 32.2. The highest BCUT2D eigenvalue weighted by molar-refractivity contribution is 8.00. The molecule has 0 unspecified atom stereocenters. The predicted octanol–water partition coefficient (Wildman–Crippen LogP) is 3.14. The topological polar surface area (TPSA) is 49.3 Å². The average molecular weight is 307 g/mol. The van der Waals surface area contributed by atoms with Crippen LogP contribution in [0.5, 0.6) is 0 Å². The largest absolute Gasteiger partial charge is 0.388 e. The van der Waals surface area contributed by atoms with Gasteiger partial charge >= 0.3 is 0 Å². The predicted molar refractivity (Wildman–Crippen MR) is 87.5 cm³/mol. The zero-order valence-corrected chi connectivity index (χ0v) is 13.7. The molecule has 1 saturated carbocycles. The number of nitrogens with one attached hydrogen (secondary N) is 1. The second kappa shape index (κ2) is 7.32. The molecule has 2 rings (SSSR count). The zero-order chi connectivity index (χ0) is 15.3. The Morgan fingerprint density at radius 1 is 1.38 bits per heavy atom. The summed E-state index contributed by atoms with van der Waals surface area (Å²) in [6.45, 7) is 4.65. The first kappa shape index (κ1) is 16.4. The van der Waals surface area contributed by atoms with Gasteiger partial charge in [-0.05, 0) is 50.2 Å². The molecule has 3 nitrogen and oxygen atoms in total. The summed E-state index contributed by atoms with van der Waals surface area (Å²) in [6, 6.07) is 8.06. The molecule has 4 heteroatoms. The Kier molecular flexibility index (Phi) is 5.71. The monoisotopic (exact) mass is 307 g/mol. The molecule has 1 aliphatic carbocycles. The van der Waals surface area contributed by atoms with Crippen molar-refractivity contribution in [2.24, 2.45) is 5.92 Å². The Bertz CT molecular complexity index is 481. The molecule has 1 aromatic carbocycles. The Morgan fingerprint density at radius 3 is 2.71 bits per heavy atom. The summed E-state index contributed by atoms with van der Waals surface area (Å²) in [6.07, 6.45) is 3.67. The van der Waals surface area contributed by atoms with Gasteiger partial charge in [0, 0.05) is 11.4 Å². The first-order chi connectivity index (χ1) is 9.98. The molecule has 0 saturated heterocycles. The summed E-state index contributed by atoms with van der Waals surface area (Å²) < 4.78 is 0. The molecule has 116 valence electrons. The van der Waals surface area contributed by atoms with Crippen LogP contribution in [0.15, 0.2) is 29.2 Å². The number of carbonyl (C=O) groups is 1. The van der Waals surface area contributed by atoms with Crippen molar-refractivity contribution in [2.75, 3.05) is 12.3 Å². The number of thioether (sulfide) groups is 1. The third-order valence-electron chi connectivity index (χ3n) is 4.27. The summed E-state index contributed by atoms with van der Waals surface area (Å²) in [4.78, 5) is 13.1. The van der Waals surface area contributed by atoms with Crippen LogP contribution in [-0.2, 0) is 4.79 Å². The van der Waals surface area contributed by atoms with E-state index in [9.17, 15) is 9.90 Å². The molecule has 21 heavy (non-hydrogen) atoms. The van der Waals surface area contributed by atoms with Crippen LogP contribution in [0.25, 0.3) is 0 Å². The van der Waals surface area contributed by atoms with E-state index in [1.807, 2.05) is 31.2 Å². The fourth-order valence-corrected chi connectivity index (χ4v) is 3.51. The van der Waals surface area contributed by atoms with Gasteiger partial charge in [0.1, 0.15) is 0 Å². The minimum atomic E-state index is -0.699. The van der Waals surface area contributed by atoms with Crippen molar-refractivity contribution in [1.29, 1.82) is 0 Å². The second-order valence-corrected chi connectivity index (χ2v) is 7.25. The molecular formula is C17H25NO2S. The normalized spacial score (nSPS) is 25.6. The van der Waals surface area contributed by atoms with Gasteiger partial charge in [-0.1, -0.05) is 25.1 Å². The summed E-state index contributed by atoms with van der Waals surface area (Å²) in [5.74, 6) is 1.09. The van der Waals surface area contributed by atoms with E-state index in [1.165, 1.54) is 5.56 Å². The van der Waals surface area contributed by atoms with Crippen molar-refractivity contribution >= 4 is 17.7 Å². The number of benzene rings is 1. The molecule has 1 amide bonds. The summed E-state index contributed by atoms with van der Waals surface area (Å²) >= 11 is 1.55. The molecule has 0 radical (unpaired) electrons. The molecule has 1 fully saturated rings. The molecule has 1 aliphatic rings. The van der Waals surface area contributed by atoms with Gasteiger partial charge in [-0.25, -0.2) is 0 Å². The van der Waals surface area contributed by atoms with Gasteiger partial charge in [-0.3, -0.25) is 4.79 Å². The fourth-order valence-electron chi connectivity index (χ4n) is 2.65. The smallest absolute Gasteiger partial charge is 0.230 e. The highest BCUT2D eigenvalue weighted by Gasteiger charge is 2.31. The van der Waals surface area contributed by atoms with Gasteiger partial charge < -0.3 is 10.4 Å². The van der Waals surface area contributed by atoms with Crippen LogP contribution in [-0.4, -0.2) is 28.9 Å². The summed E-state index contributed by atoms with van der Waals surface area (Å²) in [5, 5.41) is 13.3. The Balaban J connectivity index is 1.74. The van der Waals surface area contributed by atoms with Crippen molar-refractivity contribution in [3.05, 3.63) is 29.8 Å². The van der Waals surface area contributed by atoms with E-state index >= 15 is 0 Å². The average Bonchev–Trinajstić information content (AvgIpc) is 2.48. The van der Waals surface area contributed by atoms with Crippen LogP contribution in [0.1, 0.15) is 38.2 Å². The van der Waals surface area contributed by atoms with E-state index < -0.39 is 5.60 Å². The maximum absolute atomic E-state index is 11.9. The number of hydrogen-bond acceptors (Lipinski definition) is 3. The van der Waals surface area contributed by atoms with E-state index in [0.29, 0.717) is 18.2 Å². The van der Waals surface area contributed by atoms with Crippen LogP contribution in [0.2, 0.25) is 0 Å². The lowest BCUT2D eigenvalue weighted by Crippen LogP contribution is -2.45. The van der Waals surface area contributed by atoms with Gasteiger partial charge in [0.05, 0.1) is 11.4 Å². The van der Waals surface area contributed by atoms with Crippen molar-refractivity contribution in [3.63, 3.8) is 0 Å². The van der Waals surface area contributed by atoms with Gasteiger partial charge in [0.25, 0.3) is 0 Å². The molecule has 0 spiro atoms. The SMILES string of the molecule is Cc1ccccc1SCC(=O)NCC1(O)CCC(C)CC1. The lowest BCUT2D eigenvalue weighted by molar-refractivity contribution is -0.120. The molecule has 1 aromatic rings. The fraction of sp³-hybridized carbons (Fsp3) is 0.588. The lowest BCUT2D eigenvalue weighted by Gasteiger charge is -2.34. The molecule has 0 aromatic heterocycles. The minimum Gasteiger partial charge on any atom is -0.388 e. The number of aliphatic hydroxyl groups is 1. The van der Waals surface area contributed by atoms with Crippen LogP contribution in [0, 0.1) is 12.8 Å². The van der Waals surface area contributed by atoms with Gasteiger partial charge in [0.15, 0.2) is 0 Å². The number of amides is 1. The van der Waals surface area contributed by atoms with Crippen molar-refractivity contribution in [2.45, 2.75) is 50.0 Å². The first-order valence-corrected chi connectivity index (χ1v) is 8.65. The molecule has 0 aliphatic heterocycles. The van der Waals surface area contributed by atoms with Gasteiger partial charge in [-0.2, -0.15) is 0 Å². The van der Waals surface area contributed by atoms with E-state index in [4.69, 9.17) is 0 Å². The van der Waals surface area contributed by atoms with E-state index in [1.54, 1.807) is 11.8 Å². The van der Waals surface area contributed by atoms with Gasteiger partial charge in [0.2, 0.25) is 5.91 Å². The van der Waals surface area contributed by atoms with E-state index in [0.717, 1.165) is 30.6 Å². The lowest BCUT2D eigenvalue weighted by atomic mass is 9.79. The van der Waals surface area contributed by atoms with Crippen LogP contribution >= 0.6 is 11.8 Å². The molecule has 0 heterocycles. The quantitative estimate of drug-likeness (QED) is 0.822. The molecule has 2 N–H and O–H groups in total. The Morgan fingerprint density at radius 2 is 2.05 bits per heavy atom. The third-order valence-corrected chi connectivity index (χ3v) is 5.45. The zero-order valence-electron chi connectivity index (χ0n) is 12.9. The number of hydrogen-bond donors (Lipinski definition) is 2. The maximum atomic E-state index is 11.9. The van der Waals surface area contributed by atoms with E-state index in [-0.39, 0.29) is 5.91 Å². The maximum Gasteiger partial charge on any atom is 0.230 e. The summed E-state index contributed by atoms with van der Waals surface area (Å²) in [7, 11) is 0. The van der Waals surface area contributed by atoms with Crippen molar-refractivity contribution in [3.8, 4) is 0 Å². The Hall–Kier alpha value is -1.00. The third kappa shape index (κ3) is 5.04. The number of rotatable bonds is 5. The van der Waals surface area contributed by atoms with Crippen molar-refractivity contribution in [1.82, 2.24) is 5.32 Å². The highest BCUT2D eigenvalue weighted by Crippen LogP contribution is 2.31. The van der Waals surface area contributed by atoms with Gasteiger partial charge in [-0.15, -0.1) is 11.8 Å². The summed E-state index contributed by atoms with van der Waals surface area (Å²) in [5.41, 5.74) is 0.491. The molecule has 0 atom stereocenters. The second-order valence-electron chi connectivity index (χ2n) is 6.24. The van der Waals surface area contributed by atoms with Crippen molar-refractivity contribution < 1.29 is 9.90 Å².